The third-order valence-electron chi connectivity index (χ3n) is 3.07. The first-order valence-electron chi connectivity index (χ1n) is 6.41. The number of rotatable bonds is 4. The molecule has 1 saturated heterocycles. The molecule has 1 aromatic rings. The molecule has 1 aliphatic rings. The smallest absolute Gasteiger partial charge is 0.274 e. The van der Waals surface area contributed by atoms with Crippen molar-refractivity contribution in [2.24, 2.45) is 0 Å². The molecule has 7 nitrogen and oxygen atoms in total. The Balaban J connectivity index is 2.01. The Kier molecular flexibility index (Phi) is 4.79. The molecule has 1 heterocycles. The van der Waals surface area contributed by atoms with Crippen LogP contribution in [-0.4, -0.2) is 34.3 Å². The Hall–Kier alpha value is -2.09. The molecular formula is C13H15N3O4S. The van der Waals surface area contributed by atoms with Crippen LogP contribution in [0.4, 0.5) is 11.4 Å². The summed E-state index contributed by atoms with van der Waals surface area (Å²) in [6.45, 7) is 2.25. The monoisotopic (exact) mass is 309 g/mol. The van der Waals surface area contributed by atoms with Crippen molar-refractivity contribution in [2.75, 3.05) is 17.6 Å². The fourth-order valence-corrected chi connectivity index (χ4v) is 2.99. The van der Waals surface area contributed by atoms with Crippen LogP contribution in [0, 0.1) is 17.0 Å². The van der Waals surface area contributed by atoms with Crippen LogP contribution in [0.2, 0.25) is 0 Å². The van der Waals surface area contributed by atoms with E-state index in [0.717, 1.165) is 5.75 Å². The first-order chi connectivity index (χ1) is 9.97. The molecule has 0 saturated carbocycles. The lowest BCUT2D eigenvalue weighted by Crippen LogP contribution is -2.40. The Bertz CT molecular complexity index is 591. The SMILES string of the molecule is Cc1ccc(NC(=O)C[C@@H]2SCCNC2=O)cc1[N+](=O)[O-]. The molecule has 8 heteroatoms. The molecule has 112 valence electrons. The summed E-state index contributed by atoms with van der Waals surface area (Å²) in [5.74, 6) is 0.304. The number of nitrogens with one attached hydrogen (secondary N) is 2. The third-order valence-corrected chi connectivity index (χ3v) is 4.30. The summed E-state index contributed by atoms with van der Waals surface area (Å²) in [5, 5.41) is 15.8. The molecule has 1 fully saturated rings. The number of nitro groups is 1. The van der Waals surface area contributed by atoms with E-state index >= 15 is 0 Å². The Morgan fingerprint density at radius 1 is 1.57 bits per heavy atom. The first-order valence-corrected chi connectivity index (χ1v) is 7.46. The quantitative estimate of drug-likeness (QED) is 0.647. The maximum Gasteiger partial charge on any atom is 0.274 e. The van der Waals surface area contributed by atoms with Crippen LogP contribution >= 0.6 is 11.8 Å². The van der Waals surface area contributed by atoms with Gasteiger partial charge in [-0.3, -0.25) is 19.7 Å². The predicted octanol–water partition coefficient (Wildman–Crippen LogP) is 1.46. The number of anilines is 1. The van der Waals surface area contributed by atoms with Crippen LogP contribution < -0.4 is 10.6 Å². The maximum absolute atomic E-state index is 11.9. The zero-order valence-corrected chi connectivity index (χ0v) is 12.2. The average Bonchev–Trinajstić information content (AvgIpc) is 2.43. The summed E-state index contributed by atoms with van der Waals surface area (Å²) in [6.07, 6.45) is 0.0537. The van der Waals surface area contributed by atoms with E-state index in [0.29, 0.717) is 17.8 Å². The van der Waals surface area contributed by atoms with Gasteiger partial charge < -0.3 is 10.6 Å². The van der Waals surface area contributed by atoms with Crippen LogP contribution in [0.25, 0.3) is 0 Å². The highest BCUT2D eigenvalue weighted by molar-refractivity contribution is 8.00. The van der Waals surface area contributed by atoms with Gasteiger partial charge in [0.25, 0.3) is 5.69 Å². The number of nitrogens with zero attached hydrogens (tertiary/aromatic N) is 1. The summed E-state index contributed by atoms with van der Waals surface area (Å²) in [4.78, 5) is 33.9. The van der Waals surface area contributed by atoms with Gasteiger partial charge in [-0.25, -0.2) is 0 Å². The predicted molar refractivity (Wildman–Crippen MR) is 80.3 cm³/mol. The molecule has 0 spiro atoms. The molecular weight excluding hydrogens is 294 g/mol. The van der Waals surface area contributed by atoms with Crippen LogP contribution in [0.5, 0.6) is 0 Å². The largest absolute Gasteiger partial charge is 0.354 e. The number of hydrogen-bond donors (Lipinski definition) is 2. The van der Waals surface area contributed by atoms with Gasteiger partial charge in [0.05, 0.1) is 10.2 Å². The van der Waals surface area contributed by atoms with E-state index in [1.807, 2.05) is 0 Å². The molecule has 0 bridgehead atoms. The van der Waals surface area contributed by atoms with Gasteiger partial charge in [0, 0.05) is 36.0 Å². The van der Waals surface area contributed by atoms with Crippen LogP contribution in [-0.2, 0) is 9.59 Å². The lowest BCUT2D eigenvalue weighted by Gasteiger charge is -2.20. The van der Waals surface area contributed by atoms with Gasteiger partial charge in [0.2, 0.25) is 11.8 Å². The molecule has 21 heavy (non-hydrogen) atoms. The fraction of sp³-hybridized carbons (Fsp3) is 0.385. The molecule has 0 radical (unpaired) electrons. The number of nitro benzene ring substituents is 1. The van der Waals surface area contributed by atoms with Gasteiger partial charge in [0.1, 0.15) is 0 Å². The Morgan fingerprint density at radius 3 is 3.00 bits per heavy atom. The minimum atomic E-state index is -0.491. The van der Waals surface area contributed by atoms with Crippen molar-refractivity contribution in [3.63, 3.8) is 0 Å². The lowest BCUT2D eigenvalue weighted by atomic mass is 10.2. The molecule has 2 N–H and O–H groups in total. The van der Waals surface area contributed by atoms with E-state index in [1.165, 1.54) is 17.8 Å². The van der Waals surface area contributed by atoms with Crippen LogP contribution in [0.3, 0.4) is 0 Å². The van der Waals surface area contributed by atoms with Crippen molar-refractivity contribution in [1.29, 1.82) is 0 Å². The van der Waals surface area contributed by atoms with Crippen molar-refractivity contribution in [3.05, 3.63) is 33.9 Å². The topological polar surface area (TPSA) is 101 Å². The molecule has 0 unspecified atom stereocenters. The van der Waals surface area contributed by atoms with Crippen LogP contribution in [0.15, 0.2) is 18.2 Å². The highest BCUT2D eigenvalue weighted by atomic mass is 32.2. The zero-order valence-electron chi connectivity index (χ0n) is 11.4. The van der Waals surface area contributed by atoms with Crippen molar-refractivity contribution in [2.45, 2.75) is 18.6 Å². The van der Waals surface area contributed by atoms with Gasteiger partial charge >= 0.3 is 0 Å². The summed E-state index contributed by atoms with van der Waals surface area (Å²) in [5.41, 5.74) is 0.844. The second-order valence-electron chi connectivity index (χ2n) is 4.66. The number of amides is 2. The number of carbonyl (C=O) groups excluding carboxylic acids is 2. The number of benzene rings is 1. The van der Waals surface area contributed by atoms with Gasteiger partial charge in [-0.05, 0) is 13.0 Å². The van der Waals surface area contributed by atoms with Crippen molar-refractivity contribution < 1.29 is 14.5 Å². The summed E-state index contributed by atoms with van der Waals surface area (Å²) in [7, 11) is 0. The molecule has 2 amide bonds. The van der Waals surface area contributed by atoms with Gasteiger partial charge in [-0.15, -0.1) is 11.8 Å². The van der Waals surface area contributed by atoms with E-state index in [9.17, 15) is 19.7 Å². The van der Waals surface area contributed by atoms with E-state index < -0.39 is 10.2 Å². The summed E-state index contributed by atoms with van der Waals surface area (Å²) in [6, 6.07) is 4.51. The van der Waals surface area contributed by atoms with Gasteiger partial charge in [-0.2, -0.15) is 0 Å². The van der Waals surface area contributed by atoms with Crippen LogP contribution in [0.1, 0.15) is 12.0 Å². The molecule has 2 rings (SSSR count). The van der Waals surface area contributed by atoms with E-state index in [2.05, 4.69) is 10.6 Å². The zero-order chi connectivity index (χ0) is 15.4. The van der Waals surface area contributed by atoms with Gasteiger partial charge in [0.15, 0.2) is 0 Å². The third kappa shape index (κ3) is 3.94. The summed E-state index contributed by atoms with van der Waals surface area (Å²) < 4.78 is 0. The minimum Gasteiger partial charge on any atom is -0.354 e. The van der Waals surface area contributed by atoms with E-state index in [-0.39, 0.29) is 23.9 Å². The standard InChI is InChI=1S/C13H15N3O4S/c1-8-2-3-9(6-10(8)16(19)20)15-12(17)7-11-13(18)14-4-5-21-11/h2-3,6,11H,4-5,7H2,1H3,(H,14,18)(H,15,17)/t11-/m0/s1. The van der Waals surface area contributed by atoms with Crippen molar-refractivity contribution in [1.82, 2.24) is 5.32 Å². The molecule has 0 aliphatic carbocycles. The Morgan fingerprint density at radius 2 is 2.33 bits per heavy atom. The average molecular weight is 309 g/mol. The number of hydrogen-bond acceptors (Lipinski definition) is 5. The van der Waals surface area contributed by atoms with E-state index in [1.54, 1.807) is 19.1 Å². The van der Waals surface area contributed by atoms with Gasteiger partial charge in [-0.1, -0.05) is 6.07 Å². The van der Waals surface area contributed by atoms with E-state index in [4.69, 9.17) is 0 Å². The second-order valence-corrected chi connectivity index (χ2v) is 5.97. The van der Waals surface area contributed by atoms with Crippen molar-refractivity contribution >= 4 is 35.0 Å². The highest BCUT2D eigenvalue weighted by Gasteiger charge is 2.25. The number of thioether (sulfide) groups is 1. The normalized spacial score (nSPS) is 18.0. The fourth-order valence-electron chi connectivity index (χ4n) is 1.98. The lowest BCUT2D eigenvalue weighted by molar-refractivity contribution is -0.385. The molecule has 0 aromatic heterocycles. The maximum atomic E-state index is 11.9. The molecule has 1 aliphatic heterocycles. The number of aryl methyl sites for hydroxylation is 1. The highest BCUT2D eigenvalue weighted by Crippen LogP contribution is 2.23. The number of carbonyl (C=O) groups is 2. The molecule has 1 atom stereocenters. The summed E-state index contributed by atoms with van der Waals surface area (Å²) >= 11 is 1.44. The Labute approximate surface area is 125 Å². The molecule has 1 aromatic carbocycles. The van der Waals surface area contributed by atoms with Crippen molar-refractivity contribution in [3.8, 4) is 0 Å². The minimum absolute atomic E-state index is 0.0439. The first kappa shape index (κ1) is 15.3. The second kappa shape index (κ2) is 6.57.